The maximum absolute atomic E-state index is 6.33. The molecule has 2 nitrogen and oxygen atoms in total. The Morgan fingerprint density at radius 1 is 0.643 bits per heavy atom. The topological polar surface area (TPSA) is 17.0 Å². The Kier molecular flexibility index (Phi) is 3.80. The summed E-state index contributed by atoms with van der Waals surface area (Å²) < 4.78 is 8.60. The number of para-hydroxylation sites is 1. The molecule has 0 saturated heterocycles. The van der Waals surface area contributed by atoms with E-state index in [1.165, 1.54) is 22.4 Å². The summed E-state index contributed by atoms with van der Waals surface area (Å²) in [5.74, 6) is 0. The Labute approximate surface area is 164 Å². The number of aromatic nitrogens is 1. The molecule has 0 bridgehead atoms. The van der Waals surface area contributed by atoms with Gasteiger partial charge in [0.05, 0.1) is 5.56 Å². The normalized spacial score (nSPS) is 11.4. The van der Waals surface area contributed by atoms with Gasteiger partial charge < -0.3 is 4.42 Å². The van der Waals surface area contributed by atoms with Crippen molar-refractivity contribution in [1.82, 2.24) is 0 Å². The van der Waals surface area contributed by atoms with Crippen LogP contribution in [0.1, 0.15) is 11.1 Å². The van der Waals surface area contributed by atoms with Crippen molar-refractivity contribution in [2.24, 2.45) is 7.05 Å². The molecule has 3 aromatic carbocycles. The summed E-state index contributed by atoms with van der Waals surface area (Å²) in [5.41, 5.74) is 9.14. The third-order valence-corrected chi connectivity index (χ3v) is 5.66. The van der Waals surface area contributed by atoms with Gasteiger partial charge in [-0.2, -0.15) is 4.57 Å². The third-order valence-electron chi connectivity index (χ3n) is 5.66. The average molecular weight is 364 g/mol. The van der Waals surface area contributed by atoms with Crippen LogP contribution in [0.4, 0.5) is 0 Å². The van der Waals surface area contributed by atoms with Crippen LogP contribution >= 0.6 is 0 Å². The maximum Gasteiger partial charge on any atom is 0.216 e. The van der Waals surface area contributed by atoms with Crippen molar-refractivity contribution in [3.63, 3.8) is 0 Å². The second-order valence-electron chi connectivity index (χ2n) is 7.40. The molecule has 5 rings (SSSR count). The molecule has 0 spiro atoms. The summed E-state index contributed by atoms with van der Waals surface area (Å²) in [6, 6.07) is 27.6. The zero-order valence-corrected chi connectivity index (χ0v) is 16.4. The Hall–Kier alpha value is -3.39. The first-order valence-corrected chi connectivity index (χ1v) is 9.61. The number of rotatable bonds is 2. The minimum absolute atomic E-state index is 0.932. The van der Waals surface area contributed by atoms with Gasteiger partial charge in [0.15, 0.2) is 0 Å². The van der Waals surface area contributed by atoms with Crippen LogP contribution in [0.2, 0.25) is 0 Å². The Morgan fingerprint density at radius 2 is 1.39 bits per heavy atom. The summed E-state index contributed by atoms with van der Waals surface area (Å²) in [6.45, 7) is 4.32. The van der Waals surface area contributed by atoms with Gasteiger partial charge in [-0.15, -0.1) is 0 Å². The largest absolute Gasteiger partial charge is 0.455 e. The second kappa shape index (κ2) is 6.35. The molecule has 5 aromatic rings. The fraction of sp³-hybridized carbons (Fsp3) is 0.115. The zero-order valence-electron chi connectivity index (χ0n) is 16.4. The molecular formula is C26H22NO+. The van der Waals surface area contributed by atoms with E-state index in [1.807, 2.05) is 12.1 Å². The number of benzene rings is 3. The average Bonchev–Trinajstić information content (AvgIpc) is 3.08. The first kappa shape index (κ1) is 16.8. The molecule has 0 aliphatic rings. The molecular weight excluding hydrogens is 342 g/mol. The predicted molar refractivity (Wildman–Crippen MR) is 115 cm³/mol. The van der Waals surface area contributed by atoms with Gasteiger partial charge >= 0.3 is 0 Å². The highest BCUT2D eigenvalue weighted by Crippen LogP contribution is 2.37. The summed E-state index contributed by atoms with van der Waals surface area (Å²) in [5, 5.41) is 2.33. The number of furan rings is 1. The first-order valence-electron chi connectivity index (χ1n) is 9.61. The highest BCUT2D eigenvalue weighted by Gasteiger charge is 2.23. The predicted octanol–water partition coefficient (Wildman–Crippen LogP) is 6.36. The molecule has 0 saturated carbocycles. The molecule has 0 fully saturated rings. The maximum atomic E-state index is 6.33. The fourth-order valence-electron chi connectivity index (χ4n) is 4.17. The second-order valence-corrected chi connectivity index (χ2v) is 7.40. The molecule has 28 heavy (non-hydrogen) atoms. The lowest BCUT2D eigenvalue weighted by molar-refractivity contribution is -0.649. The van der Waals surface area contributed by atoms with Crippen molar-refractivity contribution in [2.45, 2.75) is 13.8 Å². The standard InChI is InChI=1S/C26H22NO/c1-17-9-4-5-10-19(17)22-12-8-13-23(27(22)3)25-18(2)15-16-21-20-11-6-7-14-24(20)28-26(21)25/h4-16H,1-3H3/q+1. The summed E-state index contributed by atoms with van der Waals surface area (Å²) >= 11 is 0. The number of hydrogen-bond donors (Lipinski definition) is 0. The van der Waals surface area contributed by atoms with E-state index in [-0.39, 0.29) is 0 Å². The van der Waals surface area contributed by atoms with Crippen molar-refractivity contribution in [3.05, 3.63) is 90.0 Å². The highest BCUT2D eigenvalue weighted by molar-refractivity contribution is 6.09. The van der Waals surface area contributed by atoms with E-state index in [4.69, 9.17) is 4.42 Å². The molecule has 2 heterocycles. The van der Waals surface area contributed by atoms with Crippen LogP contribution in [0, 0.1) is 13.8 Å². The van der Waals surface area contributed by atoms with Crippen LogP contribution in [0.25, 0.3) is 44.5 Å². The van der Waals surface area contributed by atoms with Crippen LogP contribution in [0.15, 0.2) is 83.3 Å². The highest BCUT2D eigenvalue weighted by atomic mass is 16.3. The Bertz CT molecular complexity index is 1340. The van der Waals surface area contributed by atoms with Crippen molar-refractivity contribution in [3.8, 4) is 22.5 Å². The van der Waals surface area contributed by atoms with E-state index >= 15 is 0 Å². The van der Waals surface area contributed by atoms with E-state index < -0.39 is 0 Å². The minimum Gasteiger partial charge on any atom is -0.455 e. The van der Waals surface area contributed by atoms with Gasteiger partial charge in [0.1, 0.15) is 18.2 Å². The SMILES string of the molecule is Cc1ccccc1-c1cccc(-c2c(C)ccc3c2oc2ccccc23)[n+]1C. The summed E-state index contributed by atoms with van der Waals surface area (Å²) in [4.78, 5) is 0. The molecule has 0 atom stereocenters. The molecule has 0 unspecified atom stereocenters. The molecule has 0 aliphatic carbocycles. The lowest BCUT2D eigenvalue weighted by Crippen LogP contribution is -2.34. The lowest BCUT2D eigenvalue weighted by atomic mass is 9.99. The van der Waals surface area contributed by atoms with Gasteiger partial charge in [0, 0.05) is 28.5 Å². The Balaban J connectivity index is 1.83. The molecule has 0 radical (unpaired) electrons. The summed E-state index contributed by atoms with van der Waals surface area (Å²) in [7, 11) is 2.14. The molecule has 0 aliphatic heterocycles. The number of aryl methyl sites for hydroxylation is 2. The molecule has 2 heteroatoms. The van der Waals surface area contributed by atoms with Gasteiger partial charge in [-0.1, -0.05) is 48.5 Å². The number of pyridine rings is 1. The molecule has 0 amide bonds. The van der Waals surface area contributed by atoms with E-state index in [0.29, 0.717) is 0 Å². The smallest absolute Gasteiger partial charge is 0.216 e. The number of nitrogens with zero attached hydrogens (tertiary/aromatic N) is 1. The van der Waals surface area contributed by atoms with E-state index in [9.17, 15) is 0 Å². The van der Waals surface area contributed by atoms with Gasteiger partial charge in [0.25, 0.3) is 0 Å². The quantitative estimate of drug-likeness (QED) is 0.333. The van der Waals surface area contributed by atoms with Crippen molar-refractivity contribution >= 4 is 21.9 Å². The minimum atomic E-state index is 0.932. The van der Waals surface area contributed by atoms with E-state index in [0.717, 1.165) is 33.2 Å². The lowest BCUT2D eigenvalue weighted by Gasteiger charge is -2.09. The Morgan fingerprint density at radius 3 is 2.25 bits per heavy atom. The van der Waals surface area contributed by atoms with Crippen molar-refractivity contribution < 1.29 is 8.98 Å². The van der Waals surface area contributed by atoms with Crippen LogP contribution in [0.5, 0.6) is 0 Å². The van der Waals surface area contributed by atoms with Crippen molar-refractivity contribution in [1.29, 1.82) is 0 Å². The van der Waals surface area contributed by atoms with E-state index in [1.54, 1.807) is 0 Å². The van der Waals surface area contributed by atoms with E-state index in [2.05, 4.69) is 92.2 Å². The number of fused-ring (bicyclic) bond motifs is 3. The molecule has 0 N–H and O–H groups in total. The van der Waals surface area contributed by atoms with Gasteiger partial charge in [0.2, 0.25) is 11.4 Å². The van der Waals surface area contributed by atoms with Crippen LogP contribution in [-0.2, 0) is 7.05 Å². The zero-order chi connectivity index (χ0) is 19.3. The monoisotopic (exact) mass is 364 g/mol. The van der Waals surface area contributed by atoms with Gasteiger partial charge in [-0.3, -0.25) is 0 Å². The van der Waals surface area contributed by atoms with Gasteiger partial charge in [-0.25, -0.2) is 0 Å². The van der Waals surface area contributed by atoms with Crippen LogP contribution in [-0.4, -0.2) is 0 Å². The third kappa shape index (κ3) is 2.45. The fourth-order valence-corrected chi connectivity index (χ4v) is 4.17. The molecule has 136 valence electrons. The number of hydrogen-bond acceptors (Lipinski definition) is 1. The van der Waals surface area contributed by atoms with Crippen molar-refractivity contribution in [2.75, 3.05) is 0 Å². The van der Waals surface area contributed by atoms with Crippen LogP contribution < -0.4 is 4.57 Å². The van der Waals surface area contributed by atoms with Gasteiger partial charge in [-0.05, 0) is 43.2 Å². The van der Waals surface area contributed by atoms with Crippen LogP contribution in [0.3, 0.4) is 0 Å². The first-order chi connectivity index (χ1) is 13.6. The summed E-state index contributed by atoms with van der Waals surface area (Å²) in [6.07, 6.45) is 0. The molecule has 2 aromatic heterocycles.